The van der Waals surface area contributed by atoms with Crippen molar-refractivity contribution in [2.45, 2.75) is 13.8 Å². The maximum Gasteiger partial charge on any atom is 1.00 e. The summed E-state index contributed by atoms with van der Waals surface area (Å²) in [5, 5.41) is 9.44. The summed E-state index contributed by atoms with van der Waals surface area (Å²) in [6.45, 7) is 3.60. The molecule has 0 unspecified atom stereocenters. The molecule has 0 radical (unpaired) electrons. The maximum absolute atomic E-state index is 10.1. The van der Waals surface area contributed by atoms with Gasteiger partial charge in [0.05, 0.1) is 0 Å². The van der Waals surface area contributed by atoms with E-state index in [2.05, 4.69) is 5.43 Å². The molecule has 0 N–H and O–H groups in total. The largest absolute Gasteiger partial charge is 1.00 e. The average molecular weight is 172 g/mol. The van der Waals surface area contributed by atoms with E-state index in [9.17, 15) is 10.1 Å². The minimum atomic E-state index is -0.671. The number of nitro groups is 1. The molecule has 1 aromatic carbocycles. The second kappa shape index (κ2) is 4.90. The summed E-state index contributed by atoms with van der Waals surface area (Å²) in [7, 11) is 0. The van der Waals surface area contributed by atoms with Crippen molar-refractivity contribution in [3.8, 4) is 0 Å². The van der Waals surface area contributed by atoms with Crippen LogP contribution in [0, 0.1) is 24.0 Å². The average Bonchev–Trinajstić information content (AvgIpc) is 1.97. The second-order valence-corrected chi connectivity index (χ2v) is 2.58. The van der Waals surface area contributed by atoms with E-state index in [1.165, 1.54) is 0 Å². The molecule has 0 aliphatic heterocycles. The fourth-order valence-electron chi connectivity index (χ4n) is 1.05. The zero-order valence-corrected chi connectivity index (χ0v) is 7.94. The number of hydrogen-bond acceptors (Lipinski definition) is 2. The van der Waals surface area contributed by atoms with Crippen molar-refractivity contribution in [2.75, 3.05) is 0 Å². The molecule has 0 atom stereocenters. The van der Waals surface area contributed by atoms with Crippen LogP contribution in [0.15, 0.2) is 18.2 Å². The molecule has 0 saturated heterocycles. The van der Waals surface area contributed by atoms with Gasteiger partial charge in [0.25, 0.3) is 0 Å². The summed E-state index contributed by atoms with van der Waals surface area (Å²) >= 11 is 0. The Kier molecular flexibility index (Phi) is 4.53. The minimum Gasteiger partial charge on any atom is -0.348 e. The van der Waals surface area contributed by atoms with Crippen molar-refractivity contribution in [1.29, 1.82) is 0 Å². The van der Waals surface area contributed by atoms with Crippen LogP contribution in [0.2, 0.25) is 0 Å². The van der Waals surface area contributed by atoms with Crippen molar-refractivity contribution in [3.05, 3.63) is 44.9 Å². The molecular formula is C8H9LiN2O2. The number of hydrogen-bond donors (Lipinski definition) is 0. The number of rotatable bonds is 2. The van der Waals surface area contributed by atoms with E-state index in [0.717, 1.165) is 11.1 Å². The van der Waals surface area contributed by atoms with Crippen molar-refractivity contribution in [3.63, 3.8) is 0 Å². The molecule has 1 aromatic rings. The van der Waals surface area contributed by atoms with Crippen LogP contribution in [0.4, 0.5) is 5.69 Å². The Balaban J connectivity index is 0.00000144. The third-order valence-electron chi connectivity index (χ3n) is 1.62. The Bertz CT molecular complexity index is 295. The maximum atomic E-state index is 10.1. The first-order valence-corrected chi connectivity index (χ1v) is 3.53. The standard InChI is InChI=1S/C8H9N2O2.Li/c1-6-4-3-5-7(2)8(6)9-10(11)12;/h3-5H,1-2H3;/q-1;+1. The molecular weight excluding hydrogens is 163 g/mol. The summed E-state index contributed by atoms with van der Waals surface area (Å²) < 4.78 is 0. The summed E-state index contributed by atoms with van der Waals surface area (Å²) in [6.07, 6.45) is 0. The SMILES string of the molecule is Cc1cccc(C)c1[N-][N+](=O)[O-].[Li+]. The Morgan fingerprint density at radius 2 is 1.77 bits per heavy atom. The van der Waals surface area contributed by atoms with Gasteiger partial charge in [-0.25, -0.2) is 0 Å². The van der Waals surface area contributed by atoms with Crippen molar-refractivity contribution in [1.82, 2.24) is 0 Å². The smallest absolute Gasteiger partial charge is 0.348 e. The Labute approximate surface area is 88.6 Å². The predicted octanol–water partition coefficient (Wildman–Crippen LogP) is -0.496. The van der Waals surface area contributed by atoms with Gasteiger partial charge in [-0.2, -0.15) is 0 Å². The third kappa shape index (κ3) is 3.09. The Hall–Kier alpha value is -0.983. The van der Waals surface area contributed by atoms with Crippen LogP contribution in [0.3, 0.4) is 0 Å². The summed E-state index contributed by atoms with van der Waals surface area (Å²) in [6, 6.07) is 5.45. The van der Waals surface area contributed by atoms with E-state index in [-0.39, 0.29) is 18.9 Å². The van der Waals surface area contributed by atoms with Gasteiger partial charge in [-0.3, -0.25) is 10.1 Å². The van der Waals surface area contributed by atoms with Gasteiger partial charge in [-0.15, -0.1) is 0 Å². The molecule has 0 heterocycles. The molecule has 1 rings (SSSR count). The molecule has 0 aliphatic rings. The zero-order valence-electron chi connectivity index (χ0n) is 7.94. The molecule has 0 aliphatic carbocycles. The fraction of sp³-hybridized carbons (Fsp3) is 0.250. The molecule has 0 bridgehead atoms. The minimum absolute atomic E-state index is 0. The van der Waals surface area contributed by atoms with Gasteiger partial charge in [-0.05, 0) is 18.9 Å². The zero-order chi connectivity index (χ0) is 9.14. The van der Waals surface area contributed by atoms with Gasteiger partial charge < -0.3 is 5.43 Å². The van der Waals surface area contributed by atoms with Crippen LogP contribution in [0.5, 0.6) is 0 Å². The van der Waals surface area contributed by atoms with E-state index in [1.807, 2.05) is 6.07 Å². The van der Waals surface area contributed by atoms with Gasteiger partial charge in [0, 0.05) is 0 Å². The van der Waals surface area contributed by atoms with Crippen molar-refractivity contribution < 1.29 is 23.9 Å². The van der Waals surface area contributed by atoms with E-state index < -0.39 is 5.03 Å². The number of aryl methyl sites for hydroxylation is 2. The Morgan fingerprint density at radius 3 is 2.15 bits per heavy atom. The van der Waals surface area contributed by atoms with Crippen LogP contribution in [-0.4, -0.2) is 5.03 Å². The van der Waals surface area contributed by atoms with Crippen LogP contribution in [-0.2, 0) is 0 Å². The second-order valence-electron chi connectivity index (χ2n) is 2.58. The fourth-order valence-corrected chi connectivity index (χ4v) is 1.05. The first-order chi connectivity index (χ1) is 5.61. The van der Waals surface area contributed by atoms with Gasteiger partial charge >= 0.3 is 18.9 Å². The molecule has 64 valence electrons. The molecule has 4 nitrogen and oxygen atoms in total. The third-order valence-corrected chi connectivity index (χ3v) is 1.62. The molecule has 0 spiro atoms. The van der Waals surface area contributed by atoms with Gasteiger partial charge in [-0.1, -0.05) is 35.0 Å². The quantitative estimate of drug-likeness (QED) is 0.343. The monoisotopic (exact) mass is 172 g/mol. The summed E-state index contributed by atoms with van der Waals surface area (Å²) in [5.74, 6) is 0. The summed E-state index contributed by atoms with van der Waals surface area (Å²) in [5.41, 5.74) is 5.39. The number of benzene rings is 1. The molecule has 0 fully saturated rings. The van der Waals surface area contributed by atoms with Gasteiger partial charge in [0.1, 0.15) is 0 Å². The van der Waals surface area contributed by atoms with Crippen LogP contribution >= 0.6 is 0 Å². The first-order valence-electron chi connectivity index (χ1n) is 3.53. The van der Waals surface area contributed by atoms with Crippen LogP contribution in [0.25, 0.3) is 5.43 Å². The normalized spacial score (nSPS) is 8.77. The Morgan fingerprint density at radius 1 is 1.31 bits per heavy atom. The number of nitrogens with zero attached hydrogens (tertiary/aromatic N) is 2. The predicted molar refractivity (Wildman–Crippen MR) is 45.9 cm³/mol. The van der Waals surface area contributed by atoms with Crippen molar-refractivity contribution in [2.24, 2.45) is 0 Å². The molecule has 0 saturated carbocycles. The van der Waals surface area contributed by atoms with Crippen molar-refractivity contribution >= 4 is 5.69 Å². The molecule has 0 aromatic heterocycles. The molecule has 0 amide bonds. The van der Waals surface area contributed by atoms with Crippen LogP contribution < -0.4 is 18.9 Å². The van der Waals surface area contributed by atoms with Gasteiger partial charge in [0.15, 0.2) is 0 Å². The first kappa shape index (κ1) is 12.0. The topological polar surface area (TPSA) is 57.2 Å². The van der Waals surface area contributed by atoms with Gasteiger partial charge in [0.2, 0.25) is 0 Å². The molecule has 5 heteroatoms. The molecule has 13 heavy (non-hydrogen) atoms. The summed E-state index contributed by atoms with van der Waals surface area (Å²) in [4.78, 5) is 10.1. The van der Waals surface area contributed by atoms with E-state index in [4.69, 9.17) is 0 Å². The van der Waals surface area contributed by atoms with Crippen LogP contribution in [0.1, 0.15) is 11.1 Å². The van der Waals surface area contributed by atoms with E-state index in [0.29, 0.717) is 5.69 Å². The van der Waals surface area contributed by atoms with E-state index in [1.54, 1.807) is 26.0 Å². The van der Waals surface area contributed by atoms with E-state index >= 15 is 0 Å².